The number of benzene rings is 1. The van der Waals surface area contributed by atoms with Crippen LogP contribution in [-0.4, -0.2) is 24.7 Å². The Hall–Kier alpha value is -1.60. The maximum atomic E-state index is 4.53. The Morgan fingerprint density at radius 3 is 3.00 bits per heavy atom. The van der Waals surface area contributed by atoms with Crippen LogP contribution >= 0.6 is 27.7 Å². The second-order valence-corrected chi connectivity index (χ2v) is 6.16. The van der Waals surface area contributed by atoms with Gasteiger partial charge in [-0.2, -0.15) is 0 Å². The molecule has 3 rings (SSSR count). The summed E-state index contributed by atoms with van der Waals surface area (Å²) >= 11 is 5.10. The van der Waals surface area contributed by atoms with Gasteiger partial charge in [0.05, 0.1) is 5.75 Å². The Balaban J connectivity index is 1.73. The SMILES string of the molecule is CCn1ccnc1CSc1n[nH]c(-c2ccccc2Br)n1. The molecule has 0 amide bonds. The molecule has 0 aliphatic carbocycles. The van der Waals surface area contributed by atoms with Gasteiger partial charge in [0.25, 0.3) is 0 Å². The van der Waals surface area contributed by atoms with Crippen molar-refractivity contribution in [1.82, 2.24) is 24.7 Å². The zero-order chi connectivity index (χ0) is 14.7. The average Bonchev–Trinajstić information content (AvgIpc) is 3.14. The zero-order valence-corrected chi connectivity index (χ0v) is 13.9. The minimum absolute atomic E-state index is 0.728. The van der Waals surface area contributed by atoms with E-state index in [4.69, 9.17) is 0 Å². The highest BCUT2D eigenvalue weighted by Crippen LogP contribution is 2.27. The molecule has 0 unspecified atom stereocenters. The highest BCUT2D eigenvalue weighted by atomic mass is 79.9. The predicted molar refractivity (Wildman–Crippen MR) is 87.0 cm³/mol. The third kappa shape index (κ3) is 3.19. The number of hydrogen-bond acceptors (Lipinski definition) is 4. The molecule has 5 nitrogen and oxygen atoms in total. The maximum absolute atomic E-state index is 4.53. The molecule has 3 aromatic rings. The van der Waals surface area contributed by atoms with E-state index in [1.54, 1.807) is 11.8 Å². The lowest BCUT2D eigenvalue weighted by Crippen LogP contribution is -1.98. The van der Waals surface area contributed by atoms with Crippen molar-refractivity contribution < 1.29 is 0 Å². The Labute approximate surface area is 135 Å². The van der Waals surface area contributed by atoms with Gasteiger partial charge in [0.15, 0.2) is 5.82 Å². The lowest BCUT2D eigenvalue weighted by Gasteiger charge is -2.02. The normalized spacial score (nSPS) is 11.0. The van der Waals surface area contributed by atoms with Crippen molar-refractivity contribution in [2.45, 2.75) is 24.4 Å². The van der Waals surface area contributed by atoms with Gasteiger partial charge in [-0.25, -0.2) is 9.97 Å². The number of rotatable bonds is 5. The van der Waals surface area contributed by atoms with Gasteiger partial charge in [-0.1, -0.05) is 45.9 Å². The van der Waals surface area contributed by atoms with Crippen LogP contribution in [0, 0.1) is 0 Å². The van der Waals surface area contributed by atoms with E-state index < -0.39 is 0 Å². The number of halogens is 1. The van der Waals surface area contributed by atoms with Crippen LogP contribution in [0.3, 0.4) is 0 Å². The summed E-state index contributed by atoms with van der Waals surface area (Å²) in [5.74, 6) is 2.56. The van der Waals surface area contributed by atoms with E-state index in [-0.39, 0.29) is 0 Å². The van der Waals surface area contributed by atoms with Gasteiger partial charge in [-0.05, 0) is 13.0 Å². The molecule has 0 atom stereocenters. The molecule has 0 fully saturated rings. The fraction of sp³-hybridized carbons (Fsp3) is 0.214. The van der Waals surface area contributed by atoms with E-state index in [1.165, 1.54) is 0 Å². The van der Waals surface area contributed by atoms with Crippen LogP contribution in [0.5, 0.6) is 0 Å². The van der Waals surface area contributed by atoms with E-state index in [9.17, 15) is 0 Å². The monoisotopic (exact) mass is 363 g/mol. The number of H-pyrrole nitrogens is 1. The lowest BCUT2D eigenvalue weighted by atomic mass is 10.2. The summed E-state index contributed by atoms with van der Waals surface area (Å²) < 4.78 is 3.12. The van der Waals surface area contributed by atoms with Gasteiger partial charge in [0.2, 0.25) is 5.16 Å². The van der Waals surface area contributed by atoms with Crippen molar-refractivity contribution in [3.8, 4) is 11.4 Å². The molecule has 0 saturated heterocycles. The molecule has 0 aliphatic heterocycles. The van der Waals surface area contributed by atoms with Crippen molar-refractivity contribution in [2.75, 3.05) is 0 Å². The first kappa shape index (κ1) is 14.3. The molecular weight excluding hydrogens is 350 g/mol. The molecule has 2 aromatic heterocycles. The minimum atomic E-state index is 0.728. The van der Waals surface area contributed by atoms with Crippen LogP contribution in [0.2, 0.25) is 0 Å². The van der Waals surface area contributed by atoms with Crippen molar-refractivity contribution in [2.24, 2.45) is 0 Å². The van der Waals surface area contributed by atoms with Gasteiger partial charge in [0, 0.05) is 29.0 Å². The number of nitrogens with one attached hydrogen (secondary N) is 1. The Morgan fingerprint density at radius 1 is 1.33 bits per heavy atom. The van der Waals surface area contributed by atoms with Crippen LogP contribution in [0.1, 0.15) is 12.7 Å². The molecule has 1 aromatic carbocycles. The number of aryl methyl sites for hydroxylation is 1. The lowest BCUT2D eigenvalue weighted by molar-refractivity contribution is 0.725. The highest BCUT2D eigenvalue weighted by molar-refractivity contribution is 9.10. The molecule has 0 bridgehead atoms. The topological polar surface area (TPSA) is 59.4 Å². The molecule has 0 saturated carbocycles. The fourth-order valence-electron chi connectivity index (χ4n) is 1.98. The number of imidazole rings is 1. The van der Waals surface area contributed by atoms with E-state index in [0.717, 1.165) is 39.1 Å². The van der Waals surface area contributed by atoms with E-state index in [0.29, 0.717) is 0 Å². The van der Waals surface area contributed by atoms with E-state index in [1.807, 2.05) is 36.7 Å². The van der Waals surface area contributed by atoms with Crippen LogP contribution in [0.15, 0.2) is 46.3 Å². The van der Waals surface area contributed by atoms with Gasteiger partial charge in [-0.3, -0.25) is 5.10 Å². The van der Waals surface area contributed by atoms with Crippen LogP contribution < -0.4 is 0 Å². The van der Waals surface area contributed by atoms with Gasteiger partial charge >= 0.3 is 0 Å². The smallest absolute Gasteiger partial charge is 0.209 e. The number of aromatic nitrogens is 5. The molecule has 1 N–H and O–H groups in total. The summed E-state index contributed by atoms with van der Waals surface area (Å²) in [5, 5.41) is 7.97. The molecule has 0 radical (unpaired) electrons. The minimum Gasteiger partial charge on any atom is -0.335 e. The highest BCUT2D eigenvalue weighted by Gasteiger charge is 2.10. The maximum Gasteiger partial charge on any atom is 0.209 e. The van der Waals surface area contributed by atoms with Gasteiger partial charge in [0.1, 0.15) is 5.82 Å². The van der Waals surface area contributed by atoms with Crippen molar-refractivity contribution >= 4 is 27.7 Å². The standard InChI is InChI=1S/C14H14BrN5S/c1-2-20-8-7-16-12(20)9-21-14-17-13(18-19-14)10-5-3-4-6-11(10)15/h3-8H,2,9H2,1H3,(H,17,18,19). The van der Waals surface area contributed by atoms with Gasteiger partial charge in [-0.15, -0.1) is 5.10 Å². The Bertz CT molecular complexity index is 736. The first-order valence-electron chi connectivity index (χ1n) is 6.58. The number of hydrogen-bond donors (Lipinski definition) is 1. The summed E-state index contributed by atoms with van der Waals surface area (Å²) in [7, 11) is 0. The summed E-state index contributed by atoms with van der Waals surface area (Å²) in [6.45, 7) is 3.03. The first-order valence-corrected chi connectivity index (χ1v) is 8.36. The fourth-order valence-corrected chi connectivity index (χ4v) is 3.22. The summed E-state index contributed by atoms with van der Waals surface area (Å²) in [6, 6.07) is 7.95. The number of nitrogens with zero attached hydrogens (tertiary/aromatic N) is 4. The second-order valence-electron chi connectivity index (χ2n) is 4.36. The Kier molecular flexibility index (Phi) is 4.40. The van der Waals surface area contributed by atoms with Crippen molar-refractivity contribution in [3.05, 3.63) is 47.0 Å². The van der Waals surface area contributed by atoms with Crippen molar-refractivity contribution in [1.29, 1.82) is 0 Å². The number of thioether (sulfide) groups is 1. The molecule has 0 aliphatic rings. The molecule has 7 heteroatoms. The second kappa shape index (κ2) is 6.44. The largest absolute Gasteiger partial charge is 0.335 e. The number of aromatic amines is 1. The van der Waals surface area contributed by atoms with E-state index in [2.05, 4.69) is 47.6 Å². The summed E-state index contributed by atoms with van der Waals surface area (Å²) in [5.41, 5.74) is 1.01. The van der Waals surface area contributed by atoms with Crippen LogP contribution in [0.4, 0.5) is 0 Å². The van der Waals surface area contributed by atoms with Crippen LogP contribution in [-0.2, 0) is 12.3 Å². The third-order valence-electron chi connectivity index (χ3n) is 3.07. The summed E-state index contributed by atoms with van der Waals surface area (Å²) in [6.07, 6.45) is 3.81. The first-order chi connectivity index (χ1) is 10.3. The quantitative estimate of drug-likeness (QED) is 0.701. The molecule has 2 heterocycles. The van der Waals surface area contributed by atoms with Crippen molar-refractivity contribution in [3.63, 3.8) is 0 Å². The third-order valence-corrected chi connectivity index (χ3v) is 4.60. The van der Waals surface area contributed by atoms with Gasteiger partial charge < -0.3 is 4.57 Å². The summed E-state index contributed by atoms with van der Waals surface area (Å²) in [4.78, 5) is 8.88. The zero-order valence-electron chi connectivity index (χ0n) is 11.5. The molecule has 21 heavy (non-hydrogen) atoms. The van der Waals surface area contributed by atoms with Crippen LogP contribution in [0.25, 0.3) is 11.4 Å². The molecular formula is C14H14BrN5S. The molecule has 0 spiro atoms. The van der Waals surface area contributed by atoms with E-state index >= 15 is 0 Å². The molecule has 108 valence electrons. The Morgan fingerprint density at radius 2 is 2.19 bits per heavy atom. The average molecular weight is 364 g/mol. The predicted octanol–water partition coefficient (Wildman–Crippen LogP) is 3.74.